The summed E-state index contributed by atoms with van der Waals surface area (Å²) in [6, 6.07) is 12.7. The van der Waals surface area contributed by atoms with Gasteiger partial charge >= 0.3 is 5.69 Å². The molecule has 1 aromatic heterocycles. The topological polar surface area (TPSA) is 76.3 Å². The zero-order valence-electron chi connectivity index (χ0n) is 16.7. The number of carbonyl (C=O) groups excluding carboxylic acids is 2. The summed E-state index contributed by atoms with van der Waals surface area (Å²) in [7, 11) is 0. The molecule has 1 fully saturated rings. The molecule has 2 aromatic carbocycles. The molecule has 7 nitrogen and oxygen atoms in total. The highest BCUT2D eigenvalue weighted by molar-refractivity contribution is 6.33. The number of anilines is 2. The normalized spacial score (nSPS) is 13.9. The Labute approximate surface area is 178 Å². The molecule has 156 valence electrons. The minimum atomic E-state index is -0.248. The van der Waals surface area contributed by atoms with Crippen molar-refractivity contribution in [3.63, 3.8) is 0 Å². The number of rotatable bonds is 6. The zero-order chi connectivity index (χ0) is 21.3. The first-order valence-corrected chi connectivity index (χ1v) is 10.4. The van der Waals surface area contributed by atoms with Crippen LogP contribution < -0.4 is 15.9 Å². The van der Waals surface area contributed by atoms with Gasteiger partial charge in [-0.25, -0.2) is 4.79 Å². The van der Waals surface area contributed by atoms with E-state index >= 15 is 0 Å². The monoisotopic (exact) mass is 426 g/mol. The molecular formula is C22H23ClN4O3. The van der Waals surface area contributed by atoms with Crippen molar-refractivity contribution >= 4 is 45.8 Å². The van der Waals surface area contributed by atoms with Gasteiger partial charge in [0.05, 0.1) is 21.7 Å². The number of hydrogen-bond acceptors (Lipinski definition) is 3. The van der Waals surface area contributed by atoms with Crippen LogP contribution in [0.15, 0.2) is 47.3 Å². The molecule has 30 heavy (non-hydrogen) atoms. The summed E-state index contributed by atoms with van der Waals surface area (Å²) < 4.78 is 3.32. The molecule has 1 aliphatic rings. The highest BCUT2D eigenvalue weighted by Crippen LogP contribution is 2.30. The Hall–Kier alpha value is -3.06. The lowest BCUT2D eigenvalue weighted by molar-refractivity contribution is -0.117. The van der Waals surface area contributed by atoms with Crippen LogP contribution >= 0.6 is 11.6 Å². The third kappa shape index (κ3) is 3.73. The molecular weight excluding hydrogens is 404 g/mol. The fourth-order valence-corrected chi connectivity index (χ4v) is 4.08. The van der Waals surface area contributed by atoms with E-state index in [0.717, 1.165) is 23.1 Å². The van der Waals surface area contributed by atoms with E-state index in [-0.39, 0.29) is 30.5 Å². The predicted octanol–water partition coefficient (Wildman–Crippen LogP) is 3.63. The van der Waals surface area contributed by atoms with E-state index in [1.807, 2.05) is 31.2 Å². The lowest BCUT2D eigenvalue weighted by Crippen LogP contribution is -2.26. The van der Waals surface area contributed by atoms with Gasteiger partial charge in [0, 0.05) is 38.2 Å². The summed E-state index contributed by atoms with van der Waals surface area (Å²) in [4.78, 5) is 39.0. The van der Waals surface area contributed by atoms with Crippen LogP contribution in [0.4, 0.5) is 11.4 Å². The van der Waals surface area contributed by atoms with Crippen LogP contribution in [0.2, 0.25) is 5.02 Å². The Morgan fingerprint density at radius 1 is 1.10 bits per heavy atom. The number of aromatic nitrogens is 2. The Bertz CT molecular complexity index is 1180. The van der Waals surface area contributed by atoms with E-state index in [2.05, 4.69) is 5.32 Å². The lowest BCUT2D eigenvalue weighted by atomic mass is 10.2. The van der Waals surface area contributed by atoms with Gasteiger partial charge in [0.1, 0.15) is 0 Å². The third-order valence-electron chi connectivity index (χ3n) is 5.41. The fraction of sp³-hybridized carbons (Fsp3) is 0.318. The summed E-state index contributed by atoms with van der Waals surface area (Å²) in [5.74, 6) is -0.177. The Balaban J connectivity index is 1.50. The van der Waals surface area contributed by atoms with E-state index in [9.17, 15) is 14.4 Å². The second kappa shape index (κ2) is 8.36. The van der Waals surface area contributed by atoms with Gasteiger partial charge in [0.2, 0.25) is 11.8 Å². The van der Waals surface area contributed by atoms with Crippen LogP contribution in [0.25, 0.3) is 11.0 Å². The van der Waals surface area contributed by atoms with Crippen molar-refractivity contribution < 1.29 is 9.59 Å². The third-order valence-corrected chi connectivity index (χ3v) is 5.74. The number of halogens is 1. The SMILES string of the molecule is CCn1c(=O)n(CCC(=O)Nc2cc(N3CCCC3=O)ccc2Cl)c2ccccc21. The number of nitrogens with one attached hydrogen (secondary N) is 1. The summed E-state index contributed by atoms with van der Waals surface area (Å²) in [5, 5.41) is 3.22. The van der Waals surface area contributed by atoms with Crippen molar-refractivity contribution in [2.45, 2.75) is 39.3 Å². The van der Waals surface area contributed by atoms with Gasteiger partial charge in [-0.1, -0.05) is 23.7 Å². The van der Waals surface area contributed by atoms with Crippen molar-refractivity contribution in [1.29, 1.82) is 0 Å². The van der Waals surface area contributed by atoms with Crippen molar-refractivity contribution in [2.75, 3.05) is 16.8 Å². The van der Waals surface area contributed by atoms with E-state index in [0.29, 0.717) is 30.2 Å². The maximum absolute atomic E-state index is 12.7. The second-order valence-electron chi connectivity index (χ2n) is 7.28. The predicted molar refractivity (Wildman–Crippen MR) is 118 cm³/mol. The van der Waals surface area contributed by atoms with Gasteiger partial charge in [-0.2, -0.15) is 0 Å². The molecule has 1 aliphatic heterocycles. The first-order valence-electron chi connectivity index (χ1n) is 10.1. The van der Waals surface area contributed by atoms with Crippen molar-refractivity contribution in [2.24, 2.45) is 0 Å². The number of aryl methyl sites for hydroxylation is 2. The quantitative estimate of drug-likeness (QED) is 0.653. The van der Waals surface area contributed by atoms with Gasteiger partial charge < -0.3 is 10.2 Å². The van der Waals surface area contributed by atoms with E-state index < -0.39 is 0 Å². The molecule has 0 saturated carbocycles. The number of imidazole rings is 1. The summed E-state index contributed by atoms with van der Waals surface area (Å²) >= 11 is 6.25. The highest BCUT2D eigenvalue weighted by Gasteiger charge is 2.22. The maximum atomic E-state index is 12.7. The molecule has 0 unspecified atom stereocenters. The maximum Gasteiger partial charge on any atom is 0.329 e. The van der Waals surface area contributed by atoms with Crippen molar-refractivity contribution in [3.8, 4) is 0 Å². The largest absolute Gasteiger partial charge is 0.329 e. The van der Waals surface area contributed by atoms with Gasteiger partial charge in [-0.05, 0) is 43.7 Å². The molecule has 0 aliphatic carbocycles. The molecule has 0 bridgehead atoms. The Kier molecular flexibility index (Phi) is 5.63. The van der Waals surface area contributed by atoms with Crippen LogP contribution in [0.3, 0.4) is 0 Å². The summed E-state index contributed by atoms with van der Waals surface area (Å²) in [5.41, 5.74) is 2.72. The van der Waals surface area contributed by atoms with Crippen LogP contribution in [0, 0.1) is 0 Å². The second-order valence-corrected chi connectivity index (χ2v) is 7.69. The van der Waals surface area contributed by atoms with Gasteiger partial charge in [-0.3, -0.25) is 18.7 Å². The minimum Gasteiger partial charge on any atom is -0.325 e. The van der Waals surface area contributed by atoms with Crippen molar-refractivity contribution in [3.05, 3.63) is 58.0 Å². The first kappa shape index (κ1) is 20.2. The van der Waals surface area contributed by atoms with E-state index in [1.54, 1.807) is 32.2 Å². The van der Waals surface area contributed by atoms with Gasteiger partial charge in [0.15, 0.2) is 0 Å². The lowest BCUT2D eigenvalue weighted by Gasteiger charge is -2.17. The molecule has 3 aromatic rings. The zero-order valence-corrected chi connectivity index (χ0v) is 17.5. The number of carbonyl (C=O) groups is 2. The molecule has 2 heterocycles. The standard InChI is InChI=1S/C22H23ClN4O3/c1-2-25-18-6-3-4-7-19(18)27(22(25)30)13-11-20(28)24-17-14-15(9-10-16(17)23)26-12-5-8-21(26)29/h3-4,6-7,9-10,14H,2,5,8,11-13H2,1H3,(H,24,28). The average molecular weight is 427 g/mol. The minimum absolute atomic E-state index is 0.0706. The molecule has 0 spiro atoms. The smallest absolute Gasteiger partial charge is 0.325 e. The number of amides is 2. The van der Waals surface area contributed by atoms with Crippen LogP contribution in [-0.2, 0) is 22.7 Å². The number of benzene rings is 2. The van der Waals surface area contributed by atoms with Crippen molar-refractivity contribution in [1.82, 2.24) is 9.13 Å². The van der Waals surface area contributed by atoms with E-state index in [4.69, 9.17) is 11.6 Å². The molecule has 8 heteroatoms. The number of para-hydroxylation sites is 2. The van der Waals surface area contributed by atoms with E-state index in [1.165, 1.54) is 0 Å². The van der Waals surface area contributed by atoms with Crippen LogP contribution in [0.1, 0.15) is 26.2 Å². The Morgan fingerprint density at radius 3 is 2.50 bits per heavy atom. The number of fused-ring (bicyclic) bond motifs is 1. The highest BCUT2D eigenvalue weighted by atomic mass is 35.5. The van der Waals surface area contributed by atoms with Crippen LogP contribution in [-0.4, -0.2) is 27.5 Å². The molecule has 0 radical (unpaired) electrons. The van der Waals surface area contributed by atoms with Crippen LogP contribution in [0.5, 0.6) is 0 Å². The number of hydrogen-bond donors (Lipinski definition) is 1. The molecule has 1 saturated heterocycles. The summed E-state index contributed by atoms with van der Waals surface area (Å²) in [6.07, 6.45) is 1.48. The molecule has 2 amide bonds. The fourth-order valence-electron chi connectivity index (χ4n) is 3.92. The van der Waals surface area contributed by atoms with Gasteiger partial charge in [-0.15, -0.1) is 0 Å². The number of nitrogens with zero attached hydrogens (tertiary/aromatic N) is 3. The van der Waals surface area contributed by atoms with Gasteiger partial charge in [0.25, 0.3) is 0 Å². The Morgan fingerprint density at radius 2 is 1.83 bits per heavy atom. The molecule has 1 N–H and O–H groups in total. The molecule has 0 atom stereocenters. The average Bonchev–Trinajstić information content (AvgIpc) is 3.28. The first-order chi connectivity index (χ1) is 14.5. The molecule has 4 rings (SSSR count). The summed E-state index contributed by atoms with van der Waals surface area (Å²) in [6.45, 7) is 3.42.